The fourth-order valence-electron chi connectivity index (χ4n) is 11.4. The number of fused-ring (bicyclic) bond motifs is 4. The summed E-state index contributed by atoms with van der Waals surface area (Å²) in [6.45, 7) is 23.1. The highest BCUT2D eigenvalue weighted by Gasteiger charge is 2.45. The van der Waals surface area contributed by atoms with E-state index in [-0.39, 0.29) is 73.4 Å². The average Bonchev–Trinajstić information content (AvgIpc) is 1.59. The van der Waals surface area contributed by atoms with Crippen LogP contribution in [-0.4, -0.2) is 184 Å². The van der Waals surface area contributed by atoms with E-state index in [4.69, 9.17) is 38.9 Å². The second kappa shape index (κ2) is 29.2. The lowest BCUT2D eigenvalue weighted by molar-refractivity contribution is -0.134. The van der Waals surface area contributed by atoms with Crippen molar-refractivity contribution in [1.29, 1.82) is 0 Å². The van der Waals surface area contributed by atoms with Crippen molar-refractivity contribution >= 4 is 91.6 Å². The van der Waals surface area contributed by atoms with Crippen molar-refractivity contribution in [1.82, 2.24) is 20.0 Å². The van der Waals surface area contributed by atoms with Crippen molar-refractivity contribution in [2.75, 3.05) is 107 Å². The smallest absolute Gasteiger partial charge is 0.405 e. The van der Waals surface area contributed by atoms with E-state index in [1.807, 2.05) is 0 Å². The van der Waals surface area contributed by atoms with Gasteiger partial charge in [0.25, 0.3) is 29.5 Å². The van der Waals surface area contributed by atoms with Gasteiger partial charge in [0.05, 0.1) is 49.9 Å². The summed E-state index contributed by atoms with van der Waals surface area (Å²) >= 11 is 0. The van der Waals surface area contributed by atoms with Crippen molar-refractivity contribution in [3.63, 3.8) is 0 Å². The van der Waals surface area contributed by atoms with Gasteiger partial charge in [-0.3, -0.25) is 38.6 Å². The van der Waals surface area contributed by atoms with Gasteiger partial charge in [-0.1, -0.05) is 77.4 Å². The van der Waals surface area contributed by atoms with Crippen molar-refractivity contribution in [2.24, 2.45) is 11.7 Å². The predicted molar refractivity (Wildman–Crippen MR) is 358 cm³/mol. The molecule has 0 aromatic heterocycles. The number of primary amides is 1. The average molecular weight is 1300 g/mol. The summed E-state index contributed by atoms with van der Waals surface area (Å²) in [5.74, 6) is -1.84. The number of likely N-dealkylation sites (N-methyl/N-ethyl adjacent to an activating group) is 1. The van der Waals surface area contributed by atoms with Crippen molar-refractivity contribution in [3.05, 3.63) is 107 Å². The normalized spacial score (nSPS) is 18.2. The van der Waals surface area contributed by atoms with Crippen LogP contribution in [0.2, 0.25) is 51.4 Å². The molecule has 0 saturated carbocycles. The molecule has 1 saturated heterocycles. The number of nitrogens with two attached hydrogens (primary N) is 1. The van der Waals surface area contributed by atoms with Gasteiger partial charge in [-0.05, 0) is 90.6 Å². The molecule has 92 heavy (non-hydrogen) atoms. The quantitative estimate of drug-likeness (QED) is 0.0373. The maximum absolute atomic E-state index is 14.9. The van der Waals surface area contributed by atoms with Crippen LogP contribution in [0.1, 0.15) is 71.9 Å². The van der Waals surface area contributed by atoms with Crippen LogP contribution < -0.4 is 50.0 Å². The van der Waals surface area contributed by atoms with Gasteiger partial charge in [0.1, 0.15) is 31.6 Å². The first-order chi connectivity index (χ1) is 43.7. The standard InChI is InChI=1S/C67H89N9O14Si2/c1-42(2)60(90-67(68)83)62(78)69-43(3)61(77)70-48-18-14-44(15-19-48)46-32-54-65(81)75(40-86-28-30-91(7,8)9)52-36-58(56(84-5)34-50(52)63(79)73(54)38-46)88-26-13-27-89-59-37-53-51(35-57(59)85-6)64(80)74-39-47(33-55(74)66(82)76(53)41-87-29-31-92(10,11)12)45-16-20-49(21-17-45)72-24-22-71(4)23-25-72/h14-21,34-39,42-43,54-55,60H,13,22-33,40-41H2,1-12H3,(H2,68,83)(H,69,78)(H,70,77)/t43?,54-,55-,60?/m0/s1. The predicted octanol–water partition coefficient (Wildman–Crippen LogP) is 8.70. The SMILES string of the molecule is COc1cc2c(cc1OCCCOc1cc3c(cc1OC)C(=O)N1C=C(c4ccc(N5CCN(C)CC5)cc4)C[C@H]1C(=O)N3COCC[Si](C)(C)C)N(COCC[Si](C)(C)C)C(=O)[C@@H]1CC(c3ccc(NC(=O)C(C)NC(=O)C(OC(N)=O)C(C)C)cc3)=CN1C2=O. The zero-order valence-corrected chi connectivity index (χ0v) is 57.1. The topological polar surface area (TPSA) is 254 Å². The molecular weight excluding hydrogens is 1210 g/mol. The summed E-state index contributed by atoms with van der Waals surface area (Å²) < 4.78 is 42.0. The number of anilines is 4. The third-order valence-electron chi connectivity index (χ3n) is 17.0. The summed E-state index contributed by atoms with van der Waals surface area (Å²) in [7, 11) is 2.08. The van der Waals surface area contributed by atoms with Crippen molar-refractivity contribution in [3.8, 4) is 23.0 Å². The number of carbonyl (C=O) groups excluding carboxylic acids is 7. The van der Waals surface area contributed by atoms with Crippen LogP contribution in [0.25, 0.3) is 11.1 Å². The molecule has 2 unspecified atom stereocenters. The minimum Gasteiger partial charge on any atom is -0.493 e. The van der Waals surface area contributed by atoms with Crippen LogP contribution in [0.4, 0.5) is 27.5 Å². The molecule has 0 radical (unpaired) electrons. The second-order valence-electron chi connectivity index (χ2n) is 26.7. The lowest BCUT2D eigenvalue weighted by Gasteiger charge is -2.34. The lowest BCUT2D eigenvalue weighted by atomic mass is 10.0. The van der Waals surface area contributed by atoms with Crippen LogP contribution in [0.15, 0.2) is 85.2 Å². The number of amides is 7. The Hall–Kier alpha value is -8.24. The Morgan fingerprint density at radius 3 is 1.49 bits per heavy atom. The molecule has 494 valence electrons. The van der Waals surface area contributed by atoms with Crippen LogP contribution in [0, 0.1) is 5.92 Å². The molecule has 0 aliphatic carbocycles. The Balaban J connectivity index is 0.899. The van der Waals surface area contributed by atoms with Gasteiger partial charge in [0, 0.05) is 111 Å². The molecular formula is C67H89N9O14Si2. The summed E-state index contributed by atoms with van der Waals surface area (Å²) in [4.78, 5) is 107. The Morgan fingerprint density at radius 2 is 1.07 bits per heavy atom. The first kappa shape index (κ1) is 68.1. The summed E-state index contributed by atoms with van der Waals surface area (Å²) in [5, 5.41) is 5.34. The van der Waals surface area contributed by atoms with Crippen molar-refractivity contribution < 1.29 is 66.7 Å². The molecule has 5 aliphatic heterocycles. The van der Waals surface area contributed by atoms with Crippen LogP contribution in [-0.2, 0) is 33.4 Å². The van der Waals surface area contributed by atoms with E-state index in [0.29, 0.717) is 65.8 Å². The zero-order chi connectivity index (χ0) is 66.3. The number of ether oxygens (including phenoxy) is 7. The summed E-state index contributed by atoms with van der Waals surface area (Å²) in [6, 6.07) is 20.8. The number of nitrogens with zero attached hydrogens (tertiary/aromatic N) is 6. The molecule has 4 aromatic carbocycles. The maximum atomic E-state index is 14.9. The molecule has 1 fully saturated rings. The molecule has 9 rings (SSSR count). The monoisotopic (exact) mass is 1300 g/mol. The molecule has 5 heterocycles. The largest absolute Gasteiger partial charge is 0.493 e. The third kappa shape index (κ3) is 16.1. The second-order valence-corrected chi connectivity index (χ2v) is 38.0. The Bertz CT molecular complexity index is 3470. The van der Waals surface area contributed by atoms with Gasteiger partial charge in [-0.2, -0.15) is 0 Å². The number of piperazine rings is 1. The van der Waals surface area contributed by atoms with Crippen LogP contribution in [0.5, 0.6) is 23.0 Å². The van der Waals surface area contributed by atoms with E-state index in [0.717, 1.165) is 55.1 Å². The van der Waals surface area contributed by atoms with E-state index < -0.39 is 70.1 Å². The molecule has 0 spiro atoms. The third-order valence-corrected chi connectivity index (χ3v) is 20.4. The number of hydrogen-bond acceptors (Lipinski definition) is 16. The van der Waals surface area contributed by atoms with Gasteiger partial charge in [0.15, 0.2) is 29.1 Å². The van der Waals surface area contributed by atoms with E-state index >= 15 is 0 Å². The minimum atomic E-state index is -1.53. The van der Waals surface area contributed by atoms with Crippen LogP contribution >= 0.6 is 0 Å². The summed E-state index contributed by atoms with van der Waals surface area (Å²) in [6.07, 6.45) is 2.04. The minimum absolute atomic E-state index is 0.0643. The first-order valence-electron chi connectivity index (χ1n) is 31.5. The maximum Gasteiger partial charge on any atom is 0.405 e. The highest BCUT2D eigenvalue weighted by atomic mass is 28.3. The van der Waals surface area contributed by atoms with Gasteiger partial charge >= 0.3 is 6.09 Å². The number of rotatable bonds is 27. The molecule has 4 aromatic rings. The van der Waals surface area contributed by atoms with Gasteiger partial charge in [-0.25, -0.2) is 4.79 Å². The van der Waals surface area contributed by atoms with E-state index in [9.17, 15) is 33.6 Å². The highest BCUT2D eigenvalue weighted by molar-refractivity contribution is 6.76. The zero-order valence-electron chi connectivity index (χ0n) is 55.1. The number of hydrogen-bond donors (Lipinski definition) is 3. The molecule has 4 N–H and O–H groups in total. The Labute approximate surface area is 541 Å². The molecule has 7 amide bonds. The Kier molecular flexibility index (Phi) is 21.6. The number of benzene rings is 4. The number of methoxy groups -OCH3 is 2. The van der Waals surface area contributed by atoms with E-state index in [1.54, 1.807) is 84.6 Å². The lowest BCUT2D eigenvalue weighted by Crippen LogP contribution is -2.49. The Morgan fingerprint density at radius 1 is 0.609 bits per heavy atom. The molecule has 23 nitrogen and oxygen atoms in total. The van der Waals surface area contributed by atoms with Crippen molar-refractivity contribution in [2.45, 2.75) is 116 Å². The first-order valence-corrected chi connectivity index (χ1v) is 38.9. The fourth-order valence-corrected chi connectivity index (χ4v) is 13.0. The highest BCUT2D eigenvalue weighted by Crippen LogP contribution is 2.44. The fraction of sp³-hybridized carbons (Fsp3) is 0.478. The van der Waals surface area contributed by atoms with E-state index in [1.165, 1.54) is 30.9 Å². The van der Waals surface area contributed by atoms with E-state index in [2.05, 4.69) is 91.0 Å². The number of carbonyl (C=O) groups is 7. The summed E-state index contributed by atoms with van der Waals surface area (Å²) in [5.41, 5.74) is 11.1. The van der Waals surface area contributed by atoms with Gasteiger partial charge < -0.3 is 69.1 Å². The molecule has 4 atom stereocenters. The molecule has 0 bridgehead atoms. The van der Waals surface area contributed by atoms with Gasteiger partial charge in [-0.15, -0.1) is 0 Å². The number of nitrogens with one attached hydrogen (secondary N) is 2. The van der Waals surface area contributed by atoms with Gasteiger partial charge in [0.2, 0.25) is 5.91 Å². The molecule has 25 heteroatoms. The van der Waals surface area contributed by atoms with Crippen LogP contribution in [0.3, 0.4) is 0 Å². The molecule has 5 aliphatic rings.